The largest absolute Gasteiger partial charge is 0.640 e. The molecule has 18 heavy (non-hydrogen) atoms. The van der Waals surface area contributed by atoms with Crippen LogP contribution < -0.4 is 3.79 Å². The van der Waals surface area contributed by atoms with Gasteiger partial charge in [0.1, 0.15) is 0 Å². The van der Waals surface area contributed by atoms with E-state index in [9.17, 15) is 0 Å². The van der Waals surface area contributed by atoms with Crippen molar-refractivity contribution in [3.05, 3.63) is 29.3 Å². The highest BCUT2D eigenvalue weighted by Crippen LogP contribution is 2.39. The predicted molar refractivity (Wildman–Crippen MR) is 85.0 cm³/mol. The molecule has 3 heteroatoms. The van der Waals surface area contributed by atoms with Crippen molar-refractivity contribution in [3.8, 4) is 5.75 Å². The third kappa shape index (κ3) is 4.02. The van der Waals surface area contributed by atoms with Gasteiger partial charge in [0.25, 0.3) is 0 Å². The van der Waals surface area contributed by atoms with Crippen LogP contribution in [0.1, 0.15) is 52.7 Å². The quantitative estimate of drug-likeness (QED) is 0.681. The normalized spacial score (nSPS) is 12.4. The Hall–Kier alpha value is 0.0325. The van der Waals surface area contributed by atoms with Gasteiger partial charge in [0.2, 0.25) is 0 Å². The van der Waals surface area contributed by atoms with Gasteiger partial charge in [-0.3, -0.25) is 0 Å². The Bertz CT molecular complexity index is 381. The molecule has 0 atom stereocenters. The fraction of sp³-hybridized carbons (Fsp3) is 0.600. The van der Waals surface area contributed by atoms with E-state index in [0.717, 1.165) is 5.75 Å². The summed E-state index contributed by atoms with van der Waals surface area (Å²) in [4.78, 5) is 0. The summed E-state index contributed by atoms with van der Waals surface area (Å²) in [5.74, 6) is 3.24. The van der Waals surface area contributed by atoms with E-state index in [2.05, 4.69) is 79.6 Å². The molecule has 0 aliphatic heterocycles. The predicted octanol–water partition coefficient (Wildman–Crippen LogP) is 5.17. The topological polar surface area (TPSA) is 9.23 Å². The monoisotopic (exact) mass is 326 g/mol. The zero-order chi connectivity index (χ0) is 14.1. The van der Waals surface area contributed by atoms with Crippen LogP contribution in [-0.2, 0) is 10.8 Å². The van der Waals surface area contributed by atoms with Crippen LogP contribution in [0.15, 0.2) is 18.2 Å². The van der Waals surface area contributed by atoms with Crippen molar-refractivity contribution in [3.63, 3.8) is 0 Å². The van der Waals surface area contributed by atoms with Gasteiger partial charge in [0.15, 0.2) is 0 Å². The van der Waals surface area contributed by atoms with E-state index in [1.165, 1.54) is 11.1 Å². The third-order valence-corrected chi connectivity index (χ3v) is 4.03. The summed E-state index contributed by atoms with van der Waals surface area (Å²) in [7, 11) is 0. The van der Waals surface area contributed by atoms with Crippen LogP contribution in [-0.4, -0.2) is 12.7 Å². The number of halogens is 1. The molecule has 0 heterocycles. The first kappa shape index (κ1) is 16.1. The van der Waals surface area contributed by atoms with Crippen molar-refractivity contribution in [1.29, 1.82) is 0 Å². The zero-order valence-electron chi connectivity index (χ0n) is 12.6. The van der Waals surface area contributed by atoms with Crippen molar-refractivity contribution in [2.24, 2.45) is 0 Å². The molecule has 1 rings (SSSR count). The minimum atomic E-state index is -1.28. The molecule has 0 bridgehead atoms. The first-order valence-electron chi connectivity index (χ1n) is 6.48. The maximum absolute atomic E-state index is 6.19. The first-order valence-corrected chi connectivity index (χ1v) is 11.3. The molecular formula is C15H24AlBrO. The fourth-order valence-electron chi connectivity index (χ4n) is 2.01. The third-order valence-electron chi connectivity index (χ3n) is 2.91. The summed E-state index contributed by atoms with van der Waals surface area (Å²) < 4.78 is 6.19. The fourth-order valence-corrected chi connectivity index (χ4v) is 3.15. The van der Waals surface area contributed by atoms with Gasteiger partial charge in [0, 0.05) is 0 Å². The minimum absolute atomic E-state index is 0.104. The van der Waals surface area contributed by atoms with E-state index in [4.69, 9.17) is 3.79 Å². The molecule has 0 fully saturated rings. The van der Waals surface area contributed by atoms with E-state index in [-0.39, 0.29) is 10.8 Å². The number of hydrogen-bond donors (Lipinski definition) is 0. The van der Waals surface area contributed by atoms with Crippen LogP contribution >= 0.6 is 14.1 Å². The van der Waals surface area contributed by atoms with Crippen molar-refractivity contribution in [2.75, 3.05) is 0 Å². The van der Waals surface area contributed by atoms with E-state index in [1.54, 1.807) is 0 Å². The average Bonchev–Trinajstić information content (AvgIpc) is 2.13. The Morgan fingerprint density at radius 1 is 0.944 bits per heavy atom. The van der Waals surface area contributed by atoms with Gasteiger partial charge in [-0.2, -0.15) is 14.1 Å². The SMILES string of the molecule is [CH3][Al]([Br])[O]c1c(C(C)(C)C)cccc1C(C)(C)C. The van der Waals surface area contributed by atoms with E-state index >= 15 is 0 Å². The molecule has 1 nitrogen and oxygen atoms in total. The van der Waals surface area contributed by atoms with Crippen LogP contribution in [0, 0.1) is 0 Å². The molecule has 0 saturated heterocycles. The molecular weight excluding hydrogens is 303 g/mol. The van der Waals surface area contributed by atoms with Crippen LogP contribution in [0.25, 0.3) is 0 Å². The minimum Gasteiger partial charge on any atom is -0.634 e. The molecule has 0 radical (unpaired) electrons. The molecule has 0 unspecified atom stereocenters. The zero-order valence-corrected chi connectivity index (χ0v) is 15.3. The molecule has 0 aromatic heterocycles. The van der Waals surface area contributed by atoms with Crippen molar-refractivity contribution in [2.45, 2.75) is 58.2 Å². The van der Waals surface area contributed by atoms with Crippen LogP contribution in [0.4, 0.5) is 0 Å². The Kier molecular flexibility index (Phi) is 4.98. The Labute approximate surface area is 123 Å². The van der Waals surface area contributed by atoms with Crippen LogP contribution in [0.2, 0.25) is 5.79 Å². The van der Waals surface area contributed by atoms with E-state index in [0.29, 0.717) is 0 Å². The molecule has 0 aliphatic carbocycles. The van der Waals surface area contributed by atoms with Gasteiger partial charge >= 0.3 is 12.7 Å². The number of hydrogen-bond acceptors (Lipinski definition) is 1. The van der Waals surface area contributed by atoms with Crippen molar-refractivity contribution < 1.29 is 3.79 Å². The molecule has 1 aromatic rings. The highest BCUT2D eigenvalue weighted by molar-refractivity contribution is 9.24. The second-order valence-electron chi connectivity index (χ2n) is 6.84. The van der Waals surface area contributed by atoms with Gasteiger partial charge < -0.3 is 3.79 Å². The summed E-state index contributed by atoms with van der Waals surface area (Å²) in [5.41, 5.74) is 2.81. The summed E-state index contributed by atoms with van der Waals surface area (Å²) in [6.07, 6.45) is 0. The highest BCUT2D eigenvalue weighted by Gasteiger charge is 2.27. The number of para-hydroxylation sites is 1. The van der Waals surface area contributed by atoms with Gasteiger partial charge in [0.05, 0.1) is 5.75 Å². The standard InChI is InChI=1S/C14H22O.CH3.Al.BrH/c1-13(2,3)10-8-7-9-11(12(10)15)14(4,5)6;;;/h7-9,15H,1-6H3;1H3;;1H/q;;+2;/p-2. The average molecular weight is 327 g/mol. The molecule has 0 spiro atoms. The number of benzene rings is 1. The molecule has 0 saturated carbocycles. The molecule has 0 amide bonds. The summed E-state index contributed by atoms with van der Waals surface area (Å²) in [5, 5.41) is 0. The van der Waals surface area contributed by atoms with E-state index in [1.807, 2.05) is 0 Å². The molecule has 1 aromatic carbocycles. The molecule has 0 N–H and O–H groups in total. The Balaban J connectivity index is 3.45. The van der Waals surface area contributed by atoms with E-state index < -0.39 is 12.7 Å². The van der Waals surface area contributed by atoms with Crippen LogP contribution in [0.5, 0.6) is 5.75 Å². The second-order valence-corrected chi connectivity index (χ2v) is 12.0. The summed E-state index contributed by atoms with van der Waals surface area (Å²) in [6.45, 7) is 13.4. The number of rotatable bonds is 2. The first-order chi connectivity index (χ1) is 8.03. The van der Waals surface area contributed by atoms with Crippen molar-refractivity contribution >= 4 is 26.7 Å². The lowest BCUT2D eigenvalue weighted by Gasteiger charge is -2.30. The maximum Gasteiger partial charge on any atom is 0.640 e. The lowest BCUT2D eigenvalue weighted by atomic mass is 9.80. The second kappa shape index (κ2) is 5.57. The van der Waals surface area contributed by atoms with Crippen LogP contribution in [0.3, 0.4) is 0 Å². The van der Waals surface area contributed by atoms with Gasteiger partial charge in [-0.25, -0.2) is 0 Å². The Morgan fingerprint density at radius 2 is 1.33 bits per heavy atom. The van der Waals surface area contributed by atoms with Gasteiger partial charge in [-0.1, -0.05) is 65.5 Å². The molecule has 100 valence electrons. The van der Waals surface area contributed by atoms with Crippen molar-refractivity contribution in [1.82, 2.24) is 0 Å². The van der Waals surface area contributed by atoms with Gasteiger partial charge in [-0.15, -0.1) is 0 Å². The summed E-state index contributed by atoms with van der Waals surface area (Å²) in [6, 6.07) is 6.52. The molecule has 0 aliphatic rings. The smallest absolute Gasteiger partial charge is 0.634 e. The lowest BCUT2D eigenvalue weighted by molar-refractivity contribution is 0.493. The lowest BCUT2D eigenvalue weighted by Crippen LogP contribution is -2.22. The Morgan fingerprint density at radius 3 is 1.61 bits per heavy atom. The highest BCUT2D eigenvalue weighted by atomic mass is 79.9. The summed E-state index contributed by atoms with van der Waals surface area (Å²) >= 11 is 2.35. The maximum atomic E-state index is 6.19. The van der Waals surface area contributed by atoms with Gasteiger partial charge in [-0.05, 0) is 22.0 Å².